The molecule has 7 heteroatoms. The normalized spacial score (nSPS) is 17.3. The highest BCUT2D eigenvalue weighted by Gasteiger charge is 2.23. The zero-order valence-corrected chi connectivity index (χ0v) is 15.0. The highest BCUT2D eigenvalue weighted by atomic mass is 79.9. The Morgan fingerprint density at radius 3 is 2.88 bits per heavy atom. The summed E-state index contributed by atoms with van der Waals surface area (Å²) in [5.74, 6) is 0.205. The van der Waals surface area contributed by atoms with Crippen LogP contribution in [0.2, 0.25) is 0 Å². The van der Waals surface area contributed by atoms with Crippen LogP contribution >= 0.6 is 27.7 Å². The number of benzene rings is 2. The first-order valence-corrected chi connectivity index (χ1v) is 8.58. The van der Waals surface area contributed by atoms with E-state index in [-0.39, 0.29) is 11.7 Å². The van der Waals surface area contributed by atoms with Gasteiger partial charge < -0.3 is 15.2 Å². The van der Waals surface area contributed by atoms with Crippen LogP contribution in [0, 0.1) is 0 Å². The van der Waals surface area contributed by atoms with E-state index in [9.17, 15) is 9.90 Å². The van der Waals surface area contributed by atoms with Gasteiger partial charge in [0.1, 0.15) is 0 Å². The third-order valence-electron chi connectivity index (χ3n) is 3.19. The number of hydrogen-bond donors (Lipinski definition) is 2. The fourth-order valence-corrected chi connectivity index (χ4v) is 3.31. The average molecular weight is 405 g/mol. The van der Waals surface area contributed by atoms with E-state index in [1.807, 2.05) is 24.3 Å². The molecular weight excluding hydrogens is 392 g/mol. The molecule has 1 aliphatic heterocycles. The van der Waals surface area contributed by atoms with Gasteiger partial charge in [0.25, 0.3) is 5.91 Å². The summed E-state index contributed by atoms with van der Waals surface area (Å²) < 4.78 is 6.00. The molecule has 0 aromatic heterocycles. The van der Waals surface area contributed by atoms with Crippen molar-refractivity contribution in [1.82, 2.24) is 5.32 Å². The van der Waals surface area contributed by atoms with Gasteiger partial charge in [0.15, 0.2) is 16.7 Å². The molecule has 1 saturated heterocycles. The summed E-state index contributed by atoms with van der Waals surface area (Å²) in [7, 11) is 1.48. The first-order chi connectivity index (χ1) is 11.5. The molecular formula is C17H13BrN2O3S. The highest BCUT2D eigenvalue weighted by Crippen LogP contribution is 2.31. The largest absolute Gasteiger partial charge is 0.504 e. The molecule has 0 radical (unpaired) electrons. The number of hydrogen-bond acceptors (Lipinski definition) is 5. The van der Waals surface area contributed by atoms with Crippen molar-refractivity contribution in [3.63, 3.8) is 0 Å². The van der Waals surface area contributed by atoms with Crippen molar-refractivity contribution < 1.29 is 14.6 Å². The number of nitrogens with one attached hydrogen (secondary N) is 1. The molecule has 1 amide bonds. The lowest BCUT2D eigenvalue weighted by molar-refractivity contribution is -0.115. The highest BCUT2D eigenvalue weighted by molar-refractivity contribution is 9.10. The Bertz CT molecular complexity index is 865. The number of thioether (sulfide) groups is 1. The van der Waals surface area contributed by atoms with E-state index in [1.165, 1.54) is 24.9 Å². The molecule has 0 aliphatic carbocycles. The van der Waals surface area contributed by atoms with Crippen LogP contribution in [-0.2, 0) is 4.79 Å². The summed E-state index contributed by atoms with van der Waals surface area (Å²) in [5.41, 5.74) is 1.51. The maximum absolute atomic E-state index is 12.1. The van der Waals surface area contributed by atoms with Crippen molar-refractivity contribution in [3.8, 4) is 11.5 Å². The maximum atomic E-state index is 12.1. The number of aliphatic imine (C=N–C) groups is 1. The zero-order chi connectivity index (χ0) is 17.1. The number of amides is 1. The zero-order valence-electron chi connectivity index (χ0n) is 12.6. The number of nitrogens with zero attached hydrogens (tertiary/aromatic N) is 1. The molecule has 1 fully saturated rings. The molecule has 2 N–H and O–H groups in total. The summed E-state index contributed by atoms with van der Waals surface area (Å²) in [5, 5.41) is 12.9. The van der Waals surface area contributed by atoms with Crippen LogP contribution in [0.25, 0.3) is 6.08 Å². The summed E-state index contributed by atoms with van der Waals surface area (Å²) in [6.45, 7) is 0. The van der Waals surface area contributed by atoms with Crippen molar-refractivity contribution in [2.75, 3.05) is 7.11 Å². The lowest BCUT2D eigenvalue weighted by Gasteiger charge is -2.03. The van der Waals surface area contributed by atoms with Gasteiger partial charge in [-0.1, -0.05) is 28.1 Å². The van der Waals surface area contributed by atoms with Crippen molar-refractivity contribution in [3.05, 3.63) is 57.4 Å². The second-order valence-electron chi connectivity index (χ2n) is 4.89. The Hall–Kier alpha value is -2.25. The third-order valence-corrected chi connectivity index (χ3v) is 4.59. The second kappa shape index (κ2) is 7.11. The molecule has 0 atom stereocenters. The van der Waals surface area contributed by atoms with E-state index in [0.29, 0.717) is 15.8 Å². The first-order valence-electron chi connectivity index (χ1n) is 6.97. The molecule has 1 aliphatic rings. The predicted octanol–water partition coefficient (Wildman–Crippen LogP) is 4.05. The summed E-state index contributed by atoms with van der Waals surface area (Å²) in [6.07, 6.45) is 1.73. The van der Waals surface area contributed by atoms with Crippen molar-refractivity contribution in [1.29, 1.82) is 0 Å². The molecule has 1 heterocycles. The Labute approximate surface area is 151 Å². The van der Waals surface area contributed by atoms with Gasteiger partial charge in [-0.2, -0.15) is 0 Å². The molecule has 0 saturated carbocycles. The van der Waals surface area contributed by atoms with E-state index < -0.39 is 0 Å². The lowest BCUT2D eigenvalue weighted by Crippen LogP contribution is -2.19. The smallest absolute Gasteiger partial charge is 0.264 e. The van der Waals surface area contributed by atoms with Crippen molar-refractivity contribution in [2.45, 2.75) is 0 Å². The van der Waals surface area contributed by atoms with Gasteiger partial charge in [0.2, 0.25) is 0 Å². The van der Waals surface area contributed by atoms with Crippen LogP contribution in [0.3, 0.4) is 0 Å². The van der Waals surface area contributed by atoms with Crippen LogP contribution in [-0.4, -0.2) is 23.3 Å². The lowest BCUT2D eigenvalue weighted by atomic mass is 10.2. The Morgan fingerprint density at radius 1 is 1.29 bits per heavy atom. The SMILES string of the molecule is COc1cc(/C=C2/SC(=Nc3cccc(Br)c3)NC2=O)ccc1O. The van der Waals surface area contributed by atoms with E-state index >= 15 is 0 Å². The van der Waals surface area contributed by atoms with Gasteiger partial charge in [-0.15, -0.1) is 0 Å². The molecule has 0 unspecified atom stereocenters. The minimum Gasteiger partial charge on any atom is -0.504 e. The first kappa shape index (κ1) is 16.6. The fraction of sp³-hybridized carbons (Fsp3) is 0.0588. The second-order valence-corrected chi connectivity index (χ2v) is 6.84. The van der Waals surface area contributed by atoms with Gasteiger partial charge in [-0.25, -0.2) is 4.99 Å². The number of carbonyl (C=O) groups is 1. The Balaban J connectivity index is 1.84. The molecule has 2 aromatic carbocycles. The Morgan fingerprint density at radius 2 is 2.12 bits per heavy atom. The van der Waals surface area contributed by atoms with Gasteiger partial charge >= 0.3 is 0 Å². The molecule has 0 bridgehead atoms. The number of phenols is 1. The molecule has 24 heavy (non-hydrogen) atoms. The van der Waals surface area contributed by atoms with E-state index in [2.05, 4.69) is 26.2 Å². The minimum atomic E-state index is -0.208. The van der Waals surface area contributed by atoms with Gasteiger partial charge in [-0.3, -0.25) is 4.79 Å². The van der Waals surface area contributed by atoms with Crippen LogP contribution in [0.1, 0.15) is 5.56 Å². The fourth-order valence-electron chi connectivity index (χ4n) is 2.08. The number of carbonyl (C=O) groups excluding carboxylic acids is 1. The van der Waals surface area contributed by atoms with E-state index in [1.54, 1.807) is 18.2 Å². The van der Waals surface area contributed by atoms with Crippen LogP contribution in [0.15, 0.2) is 56.8 Å². The van der Waals surface area contributed by atoms with Crippen LogP contribution in [0.5, 0.6) is 11.5 Å². The number of methoxy groups -OCH3 is 1. The third kappa shape index (κ3) is 3.80. The molecule has 3 rings (SSSR count). The van der Waals surface area contributed by atoms with Crippen molar-refractivity contribution in [2.24, 2.45) is 4.99 Å². The number of ether oxygens (including phenoxy) is 1. The van der Waals surface area contributed by atoms with Crippen LogP contribution in [0.4, 0.5) is 5.69 Å². The number of rotatable bonds is 3. The standard InChI is InChI=1S/C17H13BrN2O3S/c1-23-14-7-10(5-6-13(14)21)8-15-16(22)20-17(24-15)19-12-4-2-3-11(18)9-12/h2-9,21H,1H3,(H,19,20,22)/b15-8+. The number of phenolic OH excluding ortho intramolecular Hbond substituents is 1. The van der Waals surface area contributed by atoms with Gasteiger partial charge in [0.05, 0.1) is 17.7 Å². The molecule has 0 spiro atoms. The minimum absolute atomic E-state index is 0.0556. The average Bonchev–Trinajstić information content (AvgIpc) is 2.88. The summed E-state index contributed by atoms with van der Waals surface area (Å²) in [6, 6.07) is 12.4. The number of aromatic hydroxyl groups is 1. The topological polar surface area (TPSA) is 70.9 Å². The van der Waals surface area contributed by atoms with Gasteiger partial charge in [0, 0.05) is 4.47 Å². The molecule has 5 nitrogen and oxygen atoms in total. The maximum Gasteiger partial charge on any atom is 0.264 e. The summed E-state index contributed by atoms with van der Waals surface area (Å²) in [4.78, 5) is 17.0. The number of amidine groups is 1. The predicted molar refractivity (Wildman–Crippen MR) is 99.6 cm³/mol. The van der Waals surface area contributed by atoms with Gasteiger partial charge in [-0.05, 0) is 53.7 Å². The van der Waals surface area contributed by atoms with E-state index in [4.69, 9.17) is 4.74 Å². The Kier molecular flexibility index (Phi) is 4.92. The van der Waals surface area contributed by atoms with Crippen molar-refractivity contribution >= 4 is 50.5 Å². The van der Waals surface area contributed by atoms with E-state index in [0.717, 1.165) is 15.7 Å². The number of halogens is 1. The summed E-state index contributed by atoms with van der Waals surface area (Å²) >= 11 is 4.66. The monoisotopic (exact) mass is 404 g/mol. The quantitative estimate of drug-likeness (QED) is 0.756. The molecule has 2 aromatic rings. The van der Waals surface area contributed by atoms with Crippen LogP contribution < -0.4 is 10.1 Å². The molecule has 122 valence electrons.